The molecule has 0 radical (unpaired) electrons. The Bertz CT molecular complexity index is 489. The molecule has 0 fully saturated rings. The van der Waals surface area contributed by atoms with Crippen LogP contribution in [0.25, 0.3) is 23.1 Å². The molecule has 0 saturated carbocycles. The molecule has 1 heteroatoms. The Kier molecular flexibility index (Phi) is 2.23. The normalized spacial score (nSPS) is 11.2. The maximum absolute atomic E-state index is 5.67. The molecule has 0 bridgehead atoms. The maximum Gasteiger partial charge on any atom is 0.135 e. The van der Waals surface area contributed by atoms with Crippen molar-refractivity contribution in [3.8, 4) is 0 Å². The van der Waals surface area contributed by atoms with Gasteiger partial charge in [0, 0.05) is 10.9 Å². The average Bonchev–Trinajstić information content (AvgIpc) is 2.55. The van der Waals surface area contributed by atoms with Gasteiger partial charge in [-0.25, -0.2) is 0 Å². The maximum atomic E-state index is 5.67. The third-order valence-electron chi connectivity index (χ3n) is 2.18. The molecule has 1 nitrogen and oxygen atoms in total. The van der Waals surface area contributed by atoms with Gasteiger partial charge in [-0.05, 0) is 19.1 Å². The Labute approximate surface area is 83.4 Å². The smallest absolute Gasteiger partial charge is 0.135 e. The van der Waals surface area contributed by atoms with E-state index >= 15 is 0 Å². The van der Waals surface area contributed by atoms with Crippen molar-refractivity contribution in [2.75, 3.05) is 0 Å². The van der Waals surface area contributed by atoms with Crippen molar-refractivity contribution in [3.63, 3.8) is 0 Å². The molecule has 0 aliphatic carbocycles. The largest absolute Gasteiger partial charge is 0.456 e. The van der Waals surface area contributed by atoms with Gasteiger partial charge in [0.1, 0.15) is 11.3 Å². The second kappa shape index (κ2) is 3.54. The summed E-state index contributed by atoms with van der Waals surface area (Å²) < 4.78 is 5.67. The van der Waals surface area contributed by atoms with Crippen molar-refractivity contribution in [1.82, 2.24) is 0 Å². The first-order valence-electron chi connectivity index (χ1n) is 4.63. The molecule has 0 unspecified atom stereocenters. The molecule has 1 heterocycles. The molecule has 70 valence electrons. The molecule has 1 aromatic carbocycles. The lowest BCUT2D eigenvalue weighted by Crippen LogP contribution is -1.70. The second-order valence-electron chi connectivity index (χ2n) is 3.08. The molecule has 0 aliphatic heterocycles. The number of allylic oxidation sites excluding steroid dienone is 1. The zero-order valence-corrected chi connectivity index (χ0v) is 8.16. The lowest BCUT2D eigenvalue weighted by atomic mass is 10.1. The minimum Gasteiger partial charge on any atom is -0.456 e. The van der Waals surface area contributed by atoms with Crippen LogP contribution < -0.4 is 0 Å². The third-order valence-corrected chi connectivity index (χ3v) is 2.18. The molecule has 0 spiro atoms. The van der Waals surface area contributed by atoms with Gasteiger partial charge < -0.3 is 4.42 Å². The first-order chi connectivity index (χ1) is 6.86. The zero-order chi connectivity index (χ0) is 9.97. The minimum atomic E-state index is 0.878. The van der Waals surface area contributed by atoms with Crippen molar-refractivity contribution in [1.29, 1.82) is 0 Å². The van der Waals surface area contributed by atoms with Crippen LogP contribution in [0.2, 0.25) is 0 Å². The molecule has 1 aromatic heterocycles. The van der Waals surface area contributed by atoms with E-state index in [4.69, 9.17) is 4.42 Å². The zero-order valence-electron chi connectivity index (χ0n) is 8.16. The minimum absolute atomic E-state index is 0.878. The standard InChI is InChI=1S/C13H12O/c1-3-7-12-10(4-2)11-8-5-6-9-13(11)14-12/h3-9H,2H2,1H3/b7-3-. The number of benzene rings is 1. The van der Waals surface area contributed by atoms with Gasteiger partial charge in [0.15, 0.2) is 0 Å². The number of furan rings is 1. The number of hydrogen-bond donors (Lipinski definition) is 0. The summed E-state index contributed by atoms with van der Waals surface area (Å²) in [4.78, 5) is 0. The molecule has 2 aromatic rings. The summed E-state index contributed by atoms with van der Waals surface area (Å²) in [5.74, 6) is 0.878. The van der Waals surface area contributed by atoms with Crippen LogP contribution in [0.4, 0.5) is 0 Å². The van der Waals surface area contributed by atoms with Crippen LogP contribution in [0.5, 0.6) is 0 Å². The van der Waals surface area contributed by atoms with Gasteiger partial charge >= 0.3 is 0 Å². The van der Waals surface area contributed by atoms with Gasteiger partial charge in [-0.15, -0.1) is 0 Å². The summed E-state index contributed by atoms with van der Waals surface area (Å²) >= 11 is 0. The van der Waals surface area contributed by atoms with E-state index in [9.17, 15) is 0 Å². The number of para-hydroxylation sites is 1. The molecule has 0 N–H and O–H groups in total. The van der Waals surface area contributed by atoms with Crippen molar-refractivity contribution in [3.05, 3.63) is 48.2 Å². The van der Waals surface area contributed by atoms with Crippen molar-refractivity contribution in [2.24, 2.45) is 0 Å². The molecule has 0 amide bonds. The fourth-order valence-corrected chi connectivity index (χ4v) is 1.57. The fourth-order valence-electron chi connectivity index (χ4n) is 1.57. The molecule has 0 saturated heterocycles. The van der Waals surface area contributed by atoms with E-state index in [1.807, 2.05) is 49.4 Å². The first kappa shape index (κ1) is 8.82. The van der Waals surface area contributed by atoms with E-state index in [1.54, 1.807) is 0 Å². The van der Waals surface area contributed by atoms with Gasteiger partial charge in [0.2, 0.25) is 0 Å². The summed E-state index contributed by atoms with van der Waals surface area (Å²) in [5.41, 5.74) is 1.98. The predicted octanol–water partition coefficient (Wildman–Crippen LogP) is 4.11. The van der Waals surface area contributed by atoms with Gasteiger partial charge in [0.05, 0.1) is 0 Å². The summed E-state index contributed by atoms with van der Waals surface area (Å²) in [7, 11) is 0. The highest BCUT2D eigenvalue weighted by Crippen LogP contribution is 2.27. The van der Waals surface area contributed by atoms with Gasteiger partial charge in [-0.2, -0.15) is 0 Å². The van der Waals surface area contributed by atoms with Crippen LogP contribution >= 0.6 is 0 Å². The highest BCUT2D eigenvalue weighted by molar-refractivity contribution is 5.90. The molecule has 0 atom stereocenters. The quantitative estimate of drug-likeness (QED) is 0.684. The first-order valence-corrected chi connectivity index (χ1v) is 4.63. The molecule has 2 rings (SSSR count). The topological polar surface area (TPSA) is 13.1 Å². The lowest BCUT2D eigenvalue weighted by Gasteiger charge is -1.88. The monoisotopic (exact) mass is 184 g/mol. The Morgan fingerprint density at radius 3 is 2.79 bits per heavy atom. The van der Waals surface area contributed by atoms with Crippen LogP contribution in [0, 0.1) is 0 Å². The van der Waals surface area contributed by atoms with E-state index in [1.165, 1.54) is 0 Å². The van der Waals surface area contributed by atoms with E-state index in [-0.39, 0.29) is 0 Å². The van der Waals surface area contributed by atoms with Crippen LogP contribution in [-0.2, 0) is 0 Å². The van der Waals surface area contributed by atoms with Gasteiger partial charge in [0.25, 0.3) is 0 Å². The van der Waals surface area contributed by atoms with E-state index < -0.39 is 0 Å². The fraction of sp³-hybridized carbons (Fsp3) is 0.0769. The summed E-state index contributed by atoms with van der Waals surface area (Å²) in [6, 6.07) is 7.99. The number of hydrogen-bond acceptors (Lipinski definition) is 1. The number of fused-ring (bicyclic) bond motifs is 1. The van der Waals surface area contributed by atoms with Crippen LogP contribution in [0.15, 0.2) is 41.3 Å². The summed E-state index contributed by atoms with van der Waals surface area (Å²) in [5, 5.41) is 1.12. The van der Waals surface area contributed by atoms with E-state index in [0.29, 0.717) is 0 Å². The lowest BCUT2D eigenvalue weighted by molar-refractivity contribution is 0.603. The van der Waals surface area contributed by atoms with Crippen molar-refractivity contribution in [2.45, 2.75) is 6.92 Å². The Morgan fingerprint density at radius 2 is 2.07 bits per heavy atom. The Hall–Kier alpha value is -1.76. The van der Waals surface area contributed by atoms with Gasteiger partial charge in [-0.3, -0.25) is 0 Å². The number of rotatable bonds is 2. The average molecular weight is 184 g/mol. The summed E-state index contributed by atoms with van der Waals surface area (Å²) in [6.07, 6.45) is 5.75. The van der Waals surface area contributed by atoms with E-state index in [2.05, 4.69) is 6.58 Å². The Morgan fingerprint density at radius 1 is 1.29 bits per heavy atom. The highest BCUT2D eigenvalue weighted by atomic mass is 16.3. The molecular weight excluding hydrogens is 172 g/mol. The van der Waals surface area contributed by atoms with Crippen LogP contribution in [0.3, 0.4) is 0 Å². The molecule has 14 heavy (non-hydrogen) atoms. The summed E-state index contributed by atoms with van der Waals surface area (Å²) in [6.45, 7) is 5.77. The van der Waals surface area contributed by atoms with Crippen molar-refractivity contribution < 1.29 is 4.42 Å². The molecular formula is C13H12O. The highest BCUT2D eigenvalue weighted by Gasteiger charge is 2.07. The van der Waals surface area contributed by atoms with Gasteiger partial charge in [-0.1, -0.05) is 36.9 Å². The Balaban J connectivity index is 2.78. The molecule has 0 aliphatic rings. The van der Waals surface area contributed by atoms with Crippen LogP contribution in [-0.4, -0.2) is 0 Å². The van der Waals surface area contributed by atoms with Crippen molar-refractivity contribution >= 4 is 23.1 Å². The van der Waals surface area contributed by atoms with E-state index in [0.717, 1.165) is 22.3 Å². The second-order valence-corrected chi connectivity index (χ2v) is 3.08. The van der Waals surface area contributed by atoms with Crippen LogP contribution in [0.1, 0.15) is 18.2 Å². The predicted molar refractivity (Wildman–Crippen MR) is 61.0 cm³/mol. The SMILES string of the molecule is C=Cc1c(/C=C\C)oc2ccccc12. The third kappa shape index (κ3) is 1.27.